The standard InChI is InChI=1S/C31H60N4O7/c1-3-5-8-14-31(26-32,13-4-2)15-9-6-7-10-28(37)33-16-19-41-21-23-42-22-20-40-18-12-29(38)34-24-30(39)35-17-11-27(36)25-35/h27,36H,3-26,32H2,1-2H3,(H,33,37)(H,34,38). The van der Waals surface area contributed by atoms with E-state index in [0.717, 1.165) is 32.2 Å². The largest absolute Gasteiger partial charge is 0.391 e. The number of unbranched alkanes of at least 4 members (excludes halogenated alkanes) is 4. The van der Waals surface area contributed by atoms with Crippen molar-refractivity contribution in [3.63, 3.8) is 0 Å². The minimum atomic E-state index is -0.469. The van der Waals surface area contributed by atoms with E-state index in [1.165, 1.54) is 38.5 Å². The number of hydrogen-bond acceptors (Lipinski definition) is 8. The molecule has 0 aromatic carbocycles. The monoisotopic (exact) mass is 600 g/mol. The summed E-state index contributed by atoms with van der Waals surface area (Å²) in [5.74, 6) is -0.367. The van der Waals surface area contributed by atoms with E-state index in [2.05, 4.69) is 24.5 Å². The van der Waals surface area contributed by atoms with Crippen LogP contribution in [-0.4, -0.2) is 106 Å². The van der Waals surface area contributed by atoms with Crippen LogP contribution in [0.4, 0.5) is 0 Å². The molecule has 246 valence electrons. The number of nitrogens with zero attached hydrogens (tertiary/aromatic N) is 1. The van der Waals surface area contributed by atoms with Gasteiger partial charge in [0, 0.05) is 32.5 Å². The normalized spacial score (nSPS) is 16.4. The Morgan fingerprint density at radius 2 is 1.45 bits per heavy atom. The summed E-state index contributed by atoms with van der Waals surface area (Å²) in [6.07, 6.45) is 12.5. The summed E-state index contributed by atoms with van der Waals surface area (Å²) in [6, 6.07) is 0. The molecule has 3 amide bonds. The van der Waals surface area contributed by atoms with E-state index in [1.54, 1.807) is 4.90 Å². The summed E-state index contributed by atoms with van der Waals surface area (Å²) in [6.45, 7) is 8.81. The fourth-order valence-electron chi connectivity index (χ4n) is 5.32. The predicted octanol–water partition coefficient (Wildman–Crippen LogP) is 2.53. The number of nitrogens with one attached hydrogen (secondary N) is 2. The molecule has 1 aliphatic heterocycles. The summed E-state index contributed by atoms with van der Waals surface area (Å²) in [7, 11) is 0. The van der Waals surface area contributed by atoms with E-state index in [0.29, 0.717) is 65.5 Å². The number of carbonyl (C=O) groups is 3. The zero-order valence-corrected chi connectivity index (χ0v) is 26.5. The Hall–Kier alpha value is -1.79. The van der Waals surface area contributed by atoms with E-state index >= 15 is 0 Å². The topological polar surface area (TPSA) is 152 Å². The van der Waals surface area contributed by atoms with E-state index in [4.69, 9.17) is 19.9 Å². The lowest BCUT2D eigenvalue weighted by Gasteiger charge is -2.33. The van der Waals surface area contributed by atoms with Crippen molar-refractivity contribution in [2.24, 2.45) is 11.1 Å². The average molecular weight is 601 g/mol. The highest BCUT2D eigenvalue weighted by atomic mass is 16.5. The first-order valence-corrected chi connectivity index (χ1v) is 16.3. The molecule has 0 aromatic rings. The Balaban J connectivity index is 1.90. The minimum absolute atomic E-state index is 0.0625. The molecule has 0 saturated carbocycles. The van der Waals surface area contributed by atoms with Gasteiger partial charge >= 0.3 is 0 Å². The van der Waals surface area contributed by atoms with Crippen LogP contribution in [0.5, 0.6) is 0 Å². The van der Waals surface area contributed by atoms with Crippen LogP contribution in [0.15, 0.2) is 0 Å². The number of amides is 3. The Bertz CT molecular complexity index is 727. The van der Waals surface area contributed by atoms with Gasteiger partial charge in [-0.3, -0.25) is 14.4 Å². The molecule has 1 fully saturated rings. The maximum Gasteiger partial charge on any atom is 0.242 e. The molecule has 1 aliphatic rings. The number of aliphatic hydroxyl groups is 1. The second-order valence-electron chi connectivity index (χ2n) is 11.5. The minimum Gasteiger partial charge on any atom is -0.391 e. The maximum atomic E-state index is 12.1. The van der Waals surface area contributed by atoms with E-state index in [-0.39, 0.29) is 42.7 Å². The molecule has 0 spiro atoms. The van der Waals surface area contributed by atoms with Crippen LogP contribution >= 0.6 is 0 Å². The Morgan fingerprint density at radius 3 is 2.07 bits per heavy atom. The first kappa shape index (κ1) is 38.2. The summed E-state index contributed by atoms with van der Waals surface area (Å²) < 4.78 is 16.3. The molecule has 2 unspecified atom stereocenters. The molecule has 1 heterocycles. The third-order valence-corrected chi connectivity index (χ3v) is 7.87. The van der Waals surface area contributed by atoms with Gasteiger partial charge in [-0.25, -0.2) is 0 Å². The van der Waals surface area contributed by atoms with Gasteiger partial charge in [0.15, 0.2) is 0 Å². The average Bonchev–Trinajstić information content (AvgIpc) is 3.42. The van der Waals surface area contributed by atoms with Gasteiger partial charge in [-0.2, -0.15) is 0 Å². The van der Waals surface area contributed by atoms with Crippen molar-refractivity contribution < 1.29 is 33.7 Å². The van der Waals surface area contributed by atoms with Gasteiger partial charge in [0.25, 0.3) is 0 Å². The van der Waals surface area contributed by atoms with Crippen LogP contribution in [0, 0.1) is 5.41 Å². The number of hydrogen-bond donors (Lipinski definition) is 4. The number of β-amino-alcohol motifs (C(OH)–C–C–N with tert-alkyl or cyclic N) is 1. The number of ether oxygens (including phenoxy) is 3. The fourth-order valence-corrected chi connectivity index (χ4v) is 5.32. The lowest BCUT2D eigenvalue weighted by molar-refractivity contribution is -0.132. The Kier molecular flexibility index (Phi) is 22.4. The van der Waals surface area contributed by atoms with Crippen molar-refractivity contribution in [3.05, 3.63) is 0 Å². The smallest absolute Gasteiger partial charge is 0.242 e. The summed E-state index contributed by atoms with van der Waals surface area (Å²) in [4.78, 5) is 37.4. The molecule has 1 rings (SSSR count). The first-order valence-electron chi connectivity index (χ1n) is 16.3. The van der Waals surface area contributed by atoms with Crippen LogP contribution in [-0.2, 0) is 28.6 Å². The fraction of sp³-hybridized carbons (Fsp3) is 0.903. The van der Waals surface area contributed by atoms with E-state index in [1.807, 2.05) is 0 Å². The summed E-state index contributed by atoms with van der Waals surface area (Å²) in [5.41, 5.74) is 6.48. The second-order valence-corrected chi connectivity index (χ2v) is 11.5. The van der Waals surface area contributed by atoms with Gasteiger partial charge < -0.3 is 40.6 Å². The molecule has 11 nitrogen and oxygen atoms in total. The molecule has 0 aromatic heterocycles. The van der Waals surface area contributed by atoms with Crippen molar-refractivity contribution in [2.45, 2.75) is 103 Å². The third-order valence-electron chi connectivity index (χ3n) is 7.87. The van der Waals surface area contributed by atoms with Gasteiger partial charge in [0.2, 0.25) is 17.7 Å². The number of carbonyl (C=O) groups excluding carboxylic acids is 3. The van der Waals surface area contributed by atoms with Crippen LogP contribution in [0.25, 0.3) is 0 Å². The lowest BCUT2D eigenvalue weighted by atomic mass is 9.74. The maximum absolute atomic E-state index is 12.1. The van der Waals surface area contributed by atoms with Gasteiger partial charge in [-0.1, -0.05) is 52.4 Å². The lowest BCUT2D eigenvalue weighted by Crippen LogP contribution is -2.39. The van der Waals surface area contributed by atoms with Crippen LogP contribution in [0.1, 0.15) is 97.3 Å². The van der Waals surface area contributed by atoms with Crippen LogP contribution in [0.3, 0.4) is 0 Å². The van der Waals surface area contributed by atoms with Gasteiger partial charge in [-0.05, 0) is 44.1 Å². The van der Waals surface area contributed by atoms with Crippen molar-refractivity contribution in [3.8, 4) is 0 Å². The number of rotatable bonds is 27. The molecule has 1 saturated heterocycles. The van der Waals surface area contributed by atoms with Crippen molar-refractivity contribution in [1.29, 1.82) is 0 Å². The molecular weight excluding hydrogens is 540 g/mol. The van der Waals surface area contributed by atoms with Crippen molar-refractivity contribution in [1.82, 2.24) is 15.5 Å². The molecule has 11 heteroatoms. The zero-order chi connectivity index (χ0) is 30.9. The third kappa shape index (κ3) is 18.7. The van der Waals surface area contributed by atoms with E-state index < -0.39 is 6.10 Å². The van der Waals surface area contributed by atoms with Gasteiger partial charge in [0.1, 0.15) is 0 Å². The SMILES string of the molecule is CCCCCC(CN)(CCC)CCCCCC(=O)NCCOCCOCCOCCC(=O)NCC(=O)N1CCC(O)C1. The van der Waals surface area contributed by atoms with Gasteiger partial charge in [0.05, 0.1) is 52.3 Å². The molecule has 0 bridgehead atoms. The Morgan fingerprint density at radius 1 is 0.810 bits per heavy atom. The van der Waals surface area contributed by atoms with Crippen LogP contribution < -0.4 is 16.4 Å². The van der Waals surface area contributed by atoms with E-state index in [9.17, 15) is 19.5 Å². The van der Waals surface area contributed by atoms with Crippen LogP contribution in [0.2, 0.25) is 0 Å². The van der Waals surface area contributed by atoms with Crippen molar-refractivity contribution in [2.75, 3.05) is 72.4 Å². The highest BCUT2D eigenvalue weighted by Crippen LogP contribution is 2.35. The second kappa shape index (κ2) is 24.6. The number of aliphatic hydroxyl groups excluding tert-OH is 1. The van der Waals surface area contributed by atoms with Crippen molar-refractivity contribution >= 4 is 17.7 Å². The Labute approximate surface area is 254 Å². The highest BCUT2D eigenvalue weighted by molar-refractivity contribution is 5.84. The molecule has 2 atom stereocenters. The number of nitrogens with two attached hydrogens (primary N) is 1. The quantitative estimate of drug-likeness (QED) is 0.105. The summed E-state index contributed by atoms with van der Waals surface area (Å²) in [5, 5.41) is 15.0. The molecule has 42 heavy (non-hydrogen) atoms. The summed E-state index contributed by atoms with van der Waals surface area (Å²) >= 11 is 0. The first-order chi connectivity index (χ1) is 20.4. The predicted molar refractivity (Wildman–Crippen MR) is 164 cm³/mol. The van der Waals surface area contributed by atoms with Gasteiger partial charge in [-0.15, -0.1) is 0 Å². The molecule has 0 aliphatic carbocycles. The molecule has 0 radical (unpaired) electrons. The highest BCUT2D eigenvalue weighted by Gasteiger charge is 2.26. The number of likely N-dealkylation sites (tertiary alicyclic amines) is 1. The molecule has 5 N–H and O–H groups in total. The molecular formula is C31H60N4O7. The zero-order valence-electron chi connectivity index (χ0n) is 26.5.